The second-order valence-electron chi connectivity index (χ2n) is 7.29. The maximum absolute atomic E-state index is 12.5. The molecule has 0 unspecified atom stereocenters. The minimum atomic E-state index is -4.50. The van der Waals surface area contributed by atoms with Gasteiger partial charge in [0.25, 0.3) is 0 Å². The molecule has 1 fully saturated rings. The molecule has 1 aliphatic rings. The molecule has 3 rings (SSSR count). The fraction of sp³-hybridized carbons (Fsp3) is 0.500. The summed E-state index contributed by atoms with van der Waals surface area (Å²) in [7, 11) is 0. The van der Waals surface area contributed by atoms with Gasteiger partial charge >= 0.3 is 12.2 Å². The third kappa shape index (κ3) is 6.60. The highest BCUT2D eigenvalue weighted by atomic mass is 32.1. The first kappa shape index (κ1) is 22.4. The first-order chi connectivity index (χ1) is 14.3. The lowest BCUT2D eigenvalue weighted by molar-refractivity contribution is -0.140. The van der Waals surface area contributed by atoms with Crippen molar-refractivity contribution in [1.82, 2.24) is 15.2 Å². The van der Waals surface area contributed by atoms with E-state index in [0.29, 0.717) is 6.54 Å². The summed E-state index contributed by atoms with van der Waals surface area (Å²) in [6.07, 6.45) is -2.75. The van der Waals surface area contributed by atoms with Gasteiger partial charge < -0.3 is 10.2 Å². The molecule has 1 aromatic heterocycles. The second kappa shape index (κ2) is 10.1. The van der Waals surface area contributed by atoms with E-state index in [1.165, 1.54) is 11.3 Å². The number of urea groups is 1. The van der Waals surface area contributed by atoms with Crippen molar-refractivity contribution in [3.05, 3.63) is 40.9 Å². The van der Waals surface area contributed by atoms with E-state index in [-0.39, 0.29) is 5.13 Å². The Morgan fingerprint density at radius 2 is 1.97 bits per heavy atom. The summed E-state index contributed by atoms with van der Waals surface area (Å²) in [5, 5.41) is 5.82. The molecular formula is C20H26F3N5OS. The van der Waals surface area contributed by atoms with Crippen LogP contribution in [-0.2, 0) is 6.18 Å². The fourth-order valence-corrected chi connectivity index (χ4v) is 4.03. The van der Waals surface area contributed by atoms with Gasteiger partial charge in [-0.1, -0.05) is 12.1 Å². The zero-order valence-electron chi connectivity index (χ0n) is 16.8. The molecule has 1 saturated heterocycles. The van der Waals surface area contributed by atoms with Gasteiger partial charge in [-0.3, -0.25) is 10.2 Å². The Kier molecular flexibility index (Phi) is 7.54. The van der Waals surface area contributed by atoms with Gasteiger partial charge in [0.2, 0.25) is 0 Å². The standard InChI is InChI=1S/C20H26F3N5OS/c1-15-5-4-6-16(13-15)28-11-9-27(10-12-28)8-3-2-7-24-18(29)26-19-25-17(14-30-19)20(21,22)23/h4-6,13-14H,2-3,7-12H2,1H3,(H2,24,25,26,29). The summed E-state index contributed by atoms with van der Waals surface area (Å²) in [5.74, 6) is 0. The van der Waals surface area contributed by atoms with E-state index in [1.54, 1.807) is 0 Å². The van der Waals surface area contributed by atoms with E-state index in [4.69, 9.17) is 0 Å². The van der Waals surface area contributed by atoms with Crippen molar-refractivity contribution >= 4 is 28.2 Å². The summed E-state index contributed by atoms with van der Waals surface area (Å²) < 4.78 is 37.5. The number of carbonyl (C=O) groups excluding carboxylic acids is 1. The molecule has 0 radical (unpaired) electrons. The van der Waals surface area contributed by atoms with Crippen LogP contribution in [0.4, 0.5) is 28.8 Å². The predicted molar refractivity (Wildman–Crippen MR) is 113 cm³/mol. The van der Waals surface area contributed by atoms with Crippen LogP contribution < -0.4 is 15.5 Å². The summed E-state index contributed by atoms with van der Waals surface area (Å²) in [4.78, 5) is 20.0. The quantitative estimate of drug-likeness (QED) is 0.633. The average Bonchev–Trinajstić information content (AvgIpc) is 3.17. The van der Waals surface area contributed by atoms with Gasteiger partial charge in [0, 0.05) is 43.8 Å². The minimum absolute atomic E-state index is 0.0636. The highest BCUT2D eigenvalue weighted by molar-refractivity contribution is 7.13. The van der Waals surface area contributed by atoms with E-state index in [9.17, 15) is 18.0 Å². The number of alkyl halides is 3. The van der Waals surface area contributed by atoms with Gasteiger partial charge in [-0.15, -0.1) is 11.3 Å². The molecule has 2 heterocycles. The van der Waals surface area contributed by atoms with Gasteiger partial charge in [-0.2, -0.15) is 13.2 Å². The smallest absolute Gasteiger partial charge is 0.369 e. The zero-order valence-corrected chi connectivity index (χ0v) is 17.7. The Morgan fingerprint density at radius 1 is 1.20 bits per heavy atom. The van der Waals surface area contributed by atoms with Crippen molar-refractivity contribution < 1.29 is 18.0 Å². The van der Waals surface area contributed by atoms with Crippen LogP contribution in [0.25, 0.3) is 0 Å². The van der Waals surface area contributed by atoms with Gasteiger partial charge in [0.15, 0.2) is 10.8 Å². The van der Waals surface area contributed by atoms with Crippen LogP contribution in [0, 0.1) is 6.92 Å². The SMILES string of the molecule is Cc1cccc(N2CCN(CCCCNC(=O)Nc3nc(C(F)(F)F)cs3)CC2)c1. The second-order valence-corrected chi connectivity index (χ2v) is 8.15. The number of hydrogen-bond donors (Lipinski definition) is 2. The molecule has 6 nitrogen and oxygen atoms in total. The molecule has 2 N–H and O–H groups in total. The molecule has 0 bridgehead atoms. The summed E-state index contributed by atoms with van der Waals surface area (Å²) >= 11 is 0.753. The number of carbonyl (C=O) groups is 1. The van der Waals surface area contributed by atoms with E-state index >= 15 is 0 Å². The van der Waals surface area contributed by atoms with Gasteiger partial charge in [-0.25, -0.2) is 9.78 Å². The monoisotopic (exact) mass is 441 g/mol. The molecule has 30 heavy (non-hydrogen) atoms. The van der Waals surface area contributed by atoms with E-state index in [2.05, 4.69) is 56.6 Å². The fourth-order valence-electron chi connectivity index (χ4n) is 3.32. The Hall–Kier alpha value is -2.33. The van der Waals surface area contributed by atoms with Crippen LogP contribution in [0.2, 0.25) is 0 Å². The van der Waals surface area contributed by atoms with Gasteiger partial charge in [0.1, 0.15) is 0 Å². The molecule has 0 saturated carbocycles. The normalized spacial score (nSPS) is 15.3. The molecule has 164 valence electrons. The molecule has 0 atom stereocenters. The third-order valence-corrected chi connectivity index (χ3v) is 5.70. The first-order valence-electron chi connectivity index (χ1n) is 9.93. The molecule has 0 aliphatic carbocycles. The van der Waals surface area contributed by atoms with Crippen LogP contribution in [0.5, 0.6) is 0 Å². The molecule has 2 amide bonds. The zero-order chi connectivity index (χ0) is 21.6. The van der Waals surface area contributed by atoms with E-state index in [1.807, 2.05) is 0 Å². The topological polar surface area (TPSA) is 60.5 Å². The number of nitrogens with one attached hydrogen (secondary N) is 2. The highest BCUT2D eigenvalue weighted by Crippen LogP contribution is 2.31. The number of aromatic nitrogens is 1. The van der Waals surface area contributed by atoms with Crippen molar-refractivity contribution in [3.63, 3.8) is 0 Å². The Labute approximate surface area is 178 Å². The number of rotatable bonds is 7. The van der Waals surface area contributed by atoms with Crippen LogP contribution >= 0.6 is 11.3 Å². The average molecular weight is 442 g/mol. The number of hydrogen-bond acceptors (Lipinski definition) is 5. The van der Waals surface area contributed by atoms with Crippen molar-refractivity contribution in [1.29, 1.82) is 0 Å². The number of piperazine rings is 1. The lowest BCUT2D eigenvalue weighted by Gasteiger charge is -2.36. The minimum Gasteiger partial charge on any atom is -0.369 e. The molecule has 2 aromatic rings. The lowest BCUT2D eigenvalue weighted by atomic mass is 10.2. The summed E-state index contributed by atoms with van der Waals surface area (Å²) in [6.45, 7) is 7.54. The van der Waals surface area contributed by atoms with Gasteiger partial charge in [-0.05, 0) is 44.0 Å². The Balaban J connectivity index is 1.28. The number of anilines is 2. The lowest BCUT2D eigenvalue weighted by Crippen LogP contribution is -2.46. The van der Waals surface area contributed by atoms with Crippen molar-refractivity contribution in [2.45, 2.75) is 25.9 Å². The molecule has 10 heteroatoms. The van der Waals surface area contributed by atoms with Crippen LogP contribution in [-0.4, -0.2) is 55.2 Å². The number of unbranched alkanes of at least 4 members (excludes halogenated alkanes) is 1. The first-order valence-corrected chi connectivity index (χ1v) is 10.8. The van der Waals surface area contributed by atoms with E-state index < -0.39 is 17.9 Å². The Bertz CT molecular complexity index is 834. The van der Waals surface area contributed by atoms with Crippen molar-refractivity contribution in [2.24, 2.45) is 0 Å². The molecule has 1 aliphatic heterocycles. The molecule has 1 aromatic carbocycles. The number of amides is 2. The number of aryl methyl sites for hydroxylation is 1. The predicted octanol–water partition coefficient (Wildman–Crippen LogP) is 4.19. The maximum atomic E-state index is 12.5. The summed E-state index contributed by atoms with van der Waals surface area (Å²) in [6, 6.07) is 8.01. The number of nitrogens with zero attached hydrogens (tertiary/aromatic N) is 3. The summed E-state index contributed by atoms with van der Waals surface area (Å²) in [5.41, 5.74) is 1.54. The number of thiazole rings is 1. The third-order valence-electron chi connectivity index (χ3n) is 4.94. The van der Waals surface area contributed by atoms with Crippen LogP contribution in [0.15, 0.2) is 29.6 Å². The van der Waals surface area contributed by atoms with Crippen molar-refractivity contribution in [2.75, 3.05) is 49.5 Å². The van der Waals surface area contributed by atoms with Crippen molar-refractivity contribution in [3.8, 4) is 0 Å². The highest BCUT2D eigenvalue weighted by Gasteiger charge is 2.33. The number of halogens is 3. The van der Waals surface area contributed by atoms with Crippen LogP contribution in [0.1, 0.15) is 24.1 Å². The molecular weight excluding hydrogens is 415 g/mol. The largest absolute Gasteiger partial charge is 0.434 e. The van der Waals surface area contributed by atoms with Crippen LogP contribution in [0.3, 0.4) is 0 Å². The Morgan fingerprint density at radius 3 is 2.63 bits per heavy atom. The number of benzene rings is 1. The van der Waals surface area contributed by atoms with Gasteiger partial charge in [0.05, 0.1) is 0 Å². The molecule has 0 spiro atoms. The maximum Gasteiger partial charge on any atom is 0.434 e. The van der Waals surface area contributed by atoms with E-state index in [0.717, 1.165) is 62.3 Å².